The molecule has 0 unspecified atom stereocenters. The number of hydrazine groups is 1. The minimum Gasteiger partial charge on any atom is -0.319 e. The van der Waals surface area contributed by atoms with Crippen LogP contribution in [0.15, 0.2) is 30.3 Å². The van der Waals surface area contributed by atoms with Gasteiger partial charge in [0, 0.05) is 19.3 Å². The lowest BCUT2D eigenvalue weighted by molar-refractivity contribution is 0.401. The summed E-state index contributed by atoms with van der Waals surface area (Å²) in [5.74, 6) is 0. The van der Waals surface area contributed by atoms with Gasteiger partial charge in [-0.25, -0.2) is 5.01 Å². The van der Waals surface area contributed by atoms with Crippen LogP contribution in [0.4, 0.5) is 5.69 Å². The zero-order valence-electron chi connectivity index (χ0n) is 7.75. The van der Waals surface area contributed by atoms with Crippen molar-refractivity contribution in [2.45, 2.75) is 13.3 Å². The van der Waals surface area contributed by atoms with Gasteiger partial charge in [-0.05, 0) is 18.6 Å². The minimum absolute atomic E-state index is 1.06. The van der Waals surface area contributed by atoms with Crippen LogP contribution in [0.2, 0.25) is 0 Å². The summed E-state index contributed by atoms with van der Waals surface area (Å²) in [4.78, 5) is 0. The standard InChI is InChI=1S/C10H16N2/c1-3-9-12(2)11-10-7-5-4-6-8-10/h4-8,11H,3,9H2,1-2H3. The summed E-state index contributed by atoms with van der Waals surface area (Å²) in [5, 5.41) is 2.09. The van der Waals surface area contributed by atoms with Crippen molar-refractivity contribution in [2.75, 3.05) is 19.0 Å². The molecule has 2 nitrogen and oxygen atoms in total. The Kier molecular flexibility index (Phi) is 3.61. The van der Waals surface area contributed by atoms with Gasteiger partial charge in [0.2, 0.25) is 0 Å². The third-order valence-corrected chi connectivity index (χ3v) is 1.65. The van der Waals surface area contributed by atoms with Gasteiger partial charge < -0.3 is 5.43 Å². The molecule has 0 bridgehead atoms. The van der Waals surface area contributed by atoms with Crippen molar-refractivity contribution in [3.8, 4) is 0 Å². The number of benzene rings is 1. The van der Waals surface area contributed by atoms with Gasteiger partial charge in [-0.3, -0.25) is 0 Å². The van der Waals surface area contributed by atoms with Gasteiger partial charge in [0.1, 0.15) is 0 Å². The van der Waals surface area contributed by atoms with Gasteiger partial charge >= 0.3 is 0 Å². The molecule has 0 heterocycles. The summed E-state index contributed by atoms with van der Waals surface area (Å²) in [5.41, 5.74) is 4.42. The second kappa shape index (κ2) is 4.78. The van der Waals surface area contributed by atoms with Crippen LogP contribution in [0.5, 0.6) is 0 Å². The Morgan fingerprint density at radius 1 is 1.25 bits per heavy atom. The molecule has 0 atom stereocenters. The summed E-state index contributed by atoms with van der Waals surface area (Å²) >= 11 is 0. The van der Waals surface area contributed by atoms with Gasteiger partial charge in [0.05, 0.1) is 0 Å². The topological polar surface area (TPSA) is 15.3 Å². The van der Waals surface area contributed by atoms with Crippen LogP contribution in [0.1, 0.15) is 13.3 Å². The van der Waals surface area contributed by atoms with E-state index in [0.29, 0.717) is 0 Å². The monoisotopic (exact) mass is 164 g/mol. The number of hydrogen-bond donors (Lipinski definition) is 1. The first-order chi connectivity index (χ1) is 5.83. The predicted octanol–water partition coefficient (Wildman–Crippen LogP) is 2.36. The fourth-order valence-corrected chi connectivity index (χ4v) is 1.12. The Morgan fingerprint density at radius 2 is 1.92 bits per heavy atom. The van der Waals surface area contributed by atoms with Crippen LogP contribution in [-0.2, 0) is 0 Å². The van der Waals surface area contributed by atoms with E-state index in [4.69, 9.17) is 0 Å². The SMILES string of the molecule is CCCN(C)Nc1ccccc1. The molecule has 0 radical (unpaired) electrons. The average molecular weight is 164 g/mol. The van der Waals surface area contributed by atoms with Gasteiger partial charge in [0.25, 0.3) is 0 Å². The summed E-state index contributed by atoms with van der Waals surface area (Å²) in [6.07, 6.45) is 1.16. The highest BCUT2D eigenvalue weighted by molar-refractivity contribution is 5.41. The molecule has 2 heteroatoms. The van der Waals surface area contributed by atoms with E-state index >= 15 is 0 Å². The molecule has 12 heavy (non-hydrogen) atoms. The number of para-hydroxylation sites is 1. The lowest BCUT2D eigenvalue weighted by Crippen LogP contribution is -2.25. The van der Waals surface area contributed by atoms with E-state index < -0.39 is 0 Å². The van der Waals surface area contributed by atoms with E-state index in [1.807, 2.05) is 18.2 Å². The largest absolute Gasteiger partial charge is 0.319 e. The fourth-order valence-electron chi connectivity index (χ4n) is 1.12. The molecule has 0 aromatic heterocycles. The van der Waals surface area contributed by atoms with Crippen LogP contribution in [-0.4, -0.2) is 18.6 Å². The lowest BCUT2D eigenvalue weighted by Gasteiger charge is -2.17. The van der Waals surface area contributed by atoms with Gasteiger partial charge in [0.15, 0.2) is 0 Å². The summed E-state index contributed by atoms with van der Waals surface area (Å²) in [6.45, 7) is 3.23. The Hall–Kier alpha value is -1.02. The van der Waals surface area contributed by atoms with Crippen molar-refractivity contribution < 1.29 is 0 Å². The van der Waals surface area contributed by atoms with Crippen molar-refractivity contribution in [1.82, 2.24) is 5.01 Å². The van der Waals surface area contributed by atoms with E-state index in [1.54, 1.807) is 0 Å². The van der Waals surface area contributed by atoms with Crippen molar-refractivity contribution in [2.24, 2.45) is 0 Å². The Morgan fingerprint density at radius 3 is 2.50 bits per heavy atom. The molecule has 0 aliphatic rings. The molecule has 1 N–H and O–H groups in total. The second-order valence-electron chi connectivity index (χ2n) is 2.90. The van der Waals surface area contributed by atoms with Crippen LogP contribution < -0.4 is 5.43 Å². The first-order valence-electron chi connectivity index (χ1n) is 4.35. The predicted molar refractivity (Wildman–Crippen MR) is 53.0 cm³/mol. The molecule has 0 fully saturated rings. The van der Waals surface area contributed by atoms with Crippen molar-refractivity contribution in [3.05, 3.63) is 30.3 Å². The smallest absolute Gasteiger partial charge is 0.0489 e. The Balaban J connectivity index is 2.41. The van der Waals surface area contributed by atoms with E-state index in [9.17, 15) is 0 Å². The minimum atomic E-state index is 1.06. The molecule has 0 amide bonds. The number of anilines is 1. The Labute approximate surface area is 74.2 Å². The van der Waals surface area contributed by atoms with Gasteiger partial charge in [-0.2, -0.15) is 0 Å². The number of hydrogen-bond acceptors (Lipinski definition) is 2. The number of nitrogens with zero attached hydrogens (tertiary/aromatic N) is 1. The van der Waals surface area contributed by atoms with Crippen molar-refractivity contribution in [1.29, 1.82) is 0 Å². The fraction of sp³-hybridized carbons (Fsp3) is 0.400. The highest BCUT2D eigenvalue weighted by Crippen LogP contribution is 2.05. The van der Waals surface area contributed by atoms with E-state index in [1.165, 1.54) is 0 Å². The molecule has 66 valence electrons. The van der Waals surface area contributed by atoms with E-state index in [-0.39, 0.29) is 0 Å². The summed E-state index contributed by atoms with van der Waals surface area (Å²) in [7, 11) is 2.05. The van der Waals surface area contributed by atoms with Crippen LogP contribution >= 0.6 is 0 Å². The molecule has 0 spiro atoms. The van der Waals surface area contributed by atoms with Crippen molar-refractivity contribution >= 4 is 5.69 Å². The van der Waals surface area contributed by atoms with Gasteiger partial charge in [-0.1, -0.05) is 25.1 Å². The molecule has 0 saturated heterocycles. The van der Waals surface area contributed by atoms with Crippen LogP contribution in [0.25, 0.3) is 0 Å². The summed E-state index contributed by atoms with van der Waals surface area (Å²) < 4.78 is 0. The third-order valence-electron chi connectivity index (χ3n) is 1.65. The van der Waals surface area contributed by atoms with E-state index in [0.717, 1.165) is 18.7 Å². The summed E-state index contributed by atoms with van der Waals surface area (Å²) in [6, 6.07) is 10.2. The normalized spacial score (nSPS) is 10.2. The molecule has 0 aliphatic carbocycles. The zero-order valence-corrected chi connectivity index (χ0v) is 7.75. The van der Waals surface area contributed by atoms with Gasteiger partial charge in [-0.15, -0.1) is 0 Å². The van der Waals surface area contributed by atoms with Crippen LogP contribution in [0.3, 0.4) is 0 Å². The molecule has 1 aromatic rings. The maximum Gasteiger partial charge on any atom is 0.0489 e. The second-order valence-corrected chi connectivity index (χ2v) is 2.90. The highest BCUT2D eigenvalue weighted by Gasteiger charge is 1.94. The maximum atomic E-state index is 3.28. The highest BCUT2D eigenvalue weighted by atomic mass is 15.5. The molecular weight excluding hydrogens is 148 g/mol. The molecule has 0 saturated carbocycles. The van der Waals surface area contributed by atoms with Crippen LogP contribution in [0, 0.1) is 0 Å². The Bertz CT molecular complexity index is 208. The molecule has 1 aromatic carbocycles. The average Bonchev–Trinajstić information content (AvgIpc) is 2.06. The molecular formula is C10H16N2. The first kappa shape index (κ1) is 9.07. The zero-order chi connectivity index (χ0) is 8.81. The molecule has 0 aliphatic heterocycles. The quantitative estimate of drug-likeness (QED) is 0.687. The van der Waals surface area contributed by atoms with E-state index in [2.05, 4.69) is 36.5 Å². The number of nitrogens with one attached hydrogen (secondary N) is 1. The maximum absolute atomic E-state index is 3.28. The molecule has 1 rings (SSSR count). The lowest BCUT2D eigenvalue weighted by atomic mass is 10.3. The number of rotatable bonds is 4. The van der Waals surface area contributed by atoms with Crippen molar-refractivity contribution in [3.63, 3.8) is 0 Å². The third kappa shape index (κ3) is 2.93. The first-order valence-corrected chi connectivity index (χ1v) is 4.35.